The van der Waals surface area contributed by atoms with Gasteiger partial charge in [0.1, 0.15) is 0 Å². The fourth-order valence-corrected chi connectivity index (χ4v) is 4.91. The molecular weight excluding hydrogens is 418 g/mol. The van der Waals surface area contributed by atoms with Crippen LogP contribution < -0.4 is 4.90 Å². The number of carbonyl (C=O) groups is 3. The molecule has 1 fully saturated rings. The molecule has 1 atom stereocenters. The molecule has 1 saturated heterocycles. The Morgan fingerprint density at radius 2 is 1.88 bits per heavy atom. The molecular formula is C19H14BrNO4S. The van der Waals surface area contributed by atoms with E-state index in [0.29, 0.717) is 12.0 Å². The Morgan fingerprint density at radius 3 is 2.65 bits per heavy atom. The minimum atomic E-state index is -1.10. The summed E-state index contributed by atoms with van der Waals surface area (Å²) in [4.78, 5) is 38.8. The number of ketones is 1. The highest BCUT2D eigenvalue weighted by Crippen LogP contribution is 2.56. The van der Waals surface area contributed by atoms with Crippen molar-refractivity contribution in [3.63, 3.8) is 0 Å². The van der Waals surface area contributed by atoms with Gasteiger partial charge < -0.3 is 4.74 Å². The molecule has 0 bridgehead atoms. The van der Waals surface area contributed by atoms with Crippen LogP contribution in [0.3, 0.4) is 0 Å². The minimum Gasteiger partial charge on any atom is -0.455 e. The first-order valence-corrected chi connectivity index (χ1v) is 9.69. The monoisotopic (exact) mass is 431 g/mol. The van der Waals surface area contributed by atoms with Gasteiger partial charge in [-0.1, -0.05) is 52.0 Å². The van der Waals surface area contributed by atoms with E-state index in [1.807, 2.05) is 24.3 Å². The average Bonchev–Trinajstić information content (AvgIpc) is 3.16. The van der Waals surface area contributed by atoms with Gasteiger partial charge in [0, 0.05) is 27.8 Å². The first-order chi connectivity index (χ1) is 12.5. The van der Waals surface area contributed by atoms with E-state index in [-0.39, 0.29) is 24.7 Å². The number of benzene rings is 2. The largest absolute Gasteiger partial charge is 0.455 e. The number of esters is 1. The molecule has 2 heterocycles. The predicted molar refractivity (Wildman–Crippen MR) is 101 cm³/mol. The number of fused-ring (bicyclic) bond motifs is 3. The first-order valence-electron chi connectivity index (χ1n) is 8.08. The zero-order valence-electron chi connectivity index (χ0n) is 13.6. The third kappa shape index (κ3) is 2.75. The van der Waals surface area contributed by atoms with E-state index in [2.05, 4.69) is 15.9 Å². The van der Waals surface area contributed by atoms with Crippen molar-refractivity contribution < 1.29 is 19.1 Å². The van der Waals surface area contributed by atoms with Crippen LogP contribution in [0.25, 0.3) is 0 Å². The summed E-state index contributed by atoms with van der Waals surface area (Å²) in [5.41, 5.74) is 1.21. The van der Waals surface area contributed by atoms with Gasteiger partial charge in [0.2, 0.25) is 5.91 Å². The molecule has 0 N–H and O–H groups in total. The molecule has 0 spiro atoms. The van der Waals surface area contributed by atoms with Crippen LogP contribution in [0.2, 0.25) is 0 Å². The second-order valence-electron chi connectivity index (χ2n) is 6.09. The van der Waals surface area contributed by atoms with Crippen molar-refractivity contribution in [2.24, 2.45) is 0 Å². The van der Waals surface area contributed by atoms with Gasteiger partial charge in [0.15, 0.2) is 17.3 Å². The number of thioether (sulfide) groups is 1. The van der Waals surface area contributed by atoms with Gasteiger partial charge in [-0.05, 0) is 24.3 Å². The number of rotatable bonds is 4. The number of hydrogen-bond acceptors (Lipinski definition) is 5. The Bertz CT molecular complexity index is 914. The number of carbonyl (C=O) groups excluding carboxylic acids is 3. The molecule has 2 aliphatic rings. The summed E-state index contributed by atoms with van der Waals surface area (Å²) in [6, 6.07) is 14.3. The van der Waals surface area contributed by atoms with E-state index in [1.54, 1.807) is 24.3 Å². The number of para-hydroxylation sites is 1. The van der Waals surface area contributed by atoms with Crippen LogP contribution in [-0.4, -0.2) is 29.1 Å². The van der Waals surface area contributed by atoms with E-state index >= 15 is 0 Å². The van der Waals surface area contributed by atoms with Crippen LogP contribution in [0.5, 0.6) is 0 Å². The van der Waals surface area contributed by atoms with Crippen LogP contribution in [0.4, 0.5) is 5.69 Å². The number of Topliss-reactive ketones (excluding diaryl/α,β-unsaturated/α-hetero) is 1. The van der Waals surface area contributed by atoms with Crippen molar-refractivity contribution in [2.45, 2.75) is 22.6 Å². The van der Waals surface area contributed by atoms with Crippen molar-refractivity contribution in [3.05, 3.63) is 58.6 Å². The smallest absolute Gasteiger partial charge is 0.343 e. The third-order valence-electron chi connectivity index (χ3n) is 4.49. The molecule has 0 aliphatic carbocycles. The first kappa shape index (κ1) is 17.3. The highest BCUT2D eigenvalue weighted by molar-refractivity contribution is 9.10. The van der Waals surface area contributed by atoms with Gasteiger partial charge in [-0.3, -0.25) is 14.5 Å². The molecule has 2 aromatic rings. The molecule has 4 rings (SSSR count). The van der Waals surface area contributed by atoms with Crippen LogP contribution >= 0.6 is 27.7 Å². The number of anilines is 1. The molecule has 2 aliphatic heterocycles. The molecule has 7 heteroatoms. The number of hydrogen-bond donors (Lipinski definition) is 0. The van der Waals surface area contributed by atoms with E-state index in [4.69, 9.17) is 4.74 Å². The summed E-state index contributed by atoms with van der Waals surface area (Å²) in [7, 11) is 0. The lowest BCUT2D eigenvalue weighted by molar-refractivity contribution is -0.145. The lowest BCUT2D eigenvalue weighted by atomic mass is 10.1. The number of amides is 1. The number of halogens is 1. The summed E-state index contributed by atoms with van der Waals surface area (Å²) in [6.07, 6.45) is 0.660. The van der Waals surface area contributed by atoms with Crippen LogP contribution in [0.15, 0.2) is 57.9 Å². The van der Waals surface area contributed by atoms with Gasteiger partial charge in [-0.2, -0.15) is 0 Å². The summed E-state index contributed by atoms with van der Waals surface area (Å²) in [6.45, 7) is -0.346. The summed E-state index contributed by atoms with van der Waals surface area (Å²) in [5.74, 6) is -0.924. The average molecular weight is 432 g/mol. The summed E-state index contributed by atoms with van der Waals surface area (Å²) < 4.78 is 6.21. The maximum Gasteiger partial charge on any atom is 0.343 e. The van der Waals surface area contributed by atoms with Crippen molar-refractivity contribution in [3.8, 4) is 0 Å². The summed E-state index contributed by atoms with van der Waals surface area (Å²) in [5, 5.41) is 0. The highest BCUT2D eigenvalue weighted by atomic mass is 79.9. The molecule has 2 aromatic carbocycles. The Labute approximate surface area is 162 Å². The fourth-order valence-electron chi connectivity index (χ4n) is 3.24. The molecule has 0 radical (unpaired) electrons. The zero-order valence-corrected chi connectivity index (χ0v) is 16.0. The van der Waals surface area contributed by atoms with Gasteiger partial charge in [-0.25, -0.2) is 4.79 Å². The maximum absolute atomic E-state index is 12.9. The predicted octanol–water partition coefficient (Wildman–Crippen LogP) is 3.80. The van der Waals surface area contributed by atoms with Gasteiger partial charge in [0.05, 0.1) is 5.69 Å². The second kappa shape index (κ2) is 6.55. The van der Waals surface area contributed by atoms with Gasteiger partial charge in [-0.15, -0.1) is 0 Å². The van der Waals surface area contributed by atoms with Crippen molar-refractivity contribution in [1.29, 1.82) is 0 Å². The van der Waals surface area contributed by atoms with Crippen molar-refractivity contribution >= 4 is 51.0 Å². The Balaban J connectivity index is 1.52. The molecule has 0 aromatic heterocycles. The van der Waals surface area contributed by atoms with Gasteiger partial charge in [0.25, 0.3) is 0 Å². The van der Waals surface area contributed by atoms with E-state index in [9.17, 15) is 14.4 Å². The zero-order chi connectivity index (χ0) is 18.3. The van der Waals surface area contributed by atoms with Crippen molar-refractivity contribution in [2.75, 3.05) is 11.5 Å². The normalized spacial score (nSPS) is 20.7. The molecule has 0 saturated carbocycles. The number of ether oxygens (including phenoxy) is 1. The van der Waals surface area contributed by atoms with E-state index < -0.39 is 10.8 Å². The quantitative estimate of drug-likeness (QED) is 0.543. The Kier molecular flexibility index (Phi) is 4.36. The van der Waals surface area contributed by atoms with Crippen LogP contribution in [0.1, 0.15) is 23.2 Å². The lowest BCUT2D eigenvalue weighted by Gasteiger charge is -2.28. The standard InChI is InChI=1S/C19H14BrNO4S/c20-13-7-5-12(6-8-13)15(22)11-25-18(24)19-10-9-17(23)21(19)14-3-1-2-4-16(14)26-19/h1-8H,9-11H2/t19-/m1/s1. The Morgan fingerprint density at radius 1 is 1.15 bits per heavy atom. The molecule has 1 amide bonds. The molecule has 5 nitrogen and oxygen atoms in total. The highest BCUT2D eigenvalue weighted by Gasteiger charge is 2.58. The Hall–Kier alpha value is -2.12. The topological polar surface area (TPSA) is 63.7 Å². The van der Waals surface area contributed by atoms with Crippen LogP contribution in [-0.2, 0) is 14.3 Å². The van der Waals surface area contributed by atoms with E-state index in [0.717, 1.165) is 15.1 Å². The minimum absolute atomic E-state index is 0.0985. The van der Waals surface area contributed by atoms with Crippen LogP contribution in [0, 0.1) is 0 Å². The number of nitrogens with zero attached hydrogens (tertiary/aromatic N) is 1. The fraction of sp³-hybridized carbons (Fsp3) is 0.211. The summed E-state index contributed by atoms with van der Waals surface area (Å²) >= 11 is 4.64. The molecule has 26 heavy (non-hydrogen) atoms. The molecule has 0 unspecified atom stereocenters. The third-order valence-corrected chi connectivity index (χ3v) is 6.48. The maximum atomic E-state index is 12.9. The van der Waals surface area contributed by atoms with Gasteiger partial charge >= 0.3 is 5.97 Å². The molecule has 132 valence electrons. The SMILES string of the molecule is O=C(COC(=O)[C@]12CCC(=O)N1c1ccccc1S2)c1ccc(Br)cc1. The second-order valence-corrected chi connectivity index (χ2v) is 8.32. The van der Waals surface area contributed by atoms with Crippen molar-refractivity contribution in [1.82, 2.24) is 0 Å². The lowest BCUT2D eigenvalue weighted by Crippen LogP contribution is -2.48. The van der Waals surface area contributed by atoms with E-state index in [1.165, 1.54) is 16.7 Å².